The molecule has 3 N–H and O–H groups in total. The summed E-state index contributed by atoms with van der Waals surface area (Å²) in [6.07, 6.45) is -5.19. The number of hydrogen-bond donors (Lipinski definition) is 2. The van der Waals surface area contributed by atoms with Crippen LogP contribution in [0.2, 0.25) is 0 Å². The monoisotopic (exact) mass is 507 g/mol. The highest BCUT2D eigenvalue weighted by Crippen LogP contribution is 2.34. The SMILES string of the molecule is CCc1nc2c3cnn(CCN4CCN(c5ccc(C(O)C(F)(F)F)cc5F)CC4)c3nc(N)n2n1. The second-order valence-electron chi connectivity index (χ2n) is 8.68. The van der Waals surface area contributed by atoms with Crippen LogP contribution in [0.5, 0.6) is 0 Å². The van der Waals surface area contributed by atoms with Gasteiger partial charge in [-0.2, -0.15) is 27.8 Å². The number of piperazine rings is 1. The van der Waals surface area contributed by atoms with Crippen LogP contribution < -0.4 is 10.6 Å². The van der Waals surface area contributed by atoms with Crippen molar-refractivity contribution in [3.63, 3.8) is 0 Å². The summed E-state index contributed by atoms with van der Waals surface area (Å²) in [7, 11) is 0. The van der Waals surface area contributed by atoms with Crippen LogP contribution in [-0.2, 0) is 13.0 Å². The maximum atomic E-state index is 14.6. The fraction of sp³-hybridized carbons (Fsp3) is 0.455. The Bertz CT molecular complexity index is 1390. The Morgan fingerprint density at radius 1 is 1.08 bits per heavy atom. The van der Waals surface area contributed by atoms with E-state index in [0.717, 1.165) is 17.5 Å². The number of aliphatic hydroxyl groups excluding tert-OH is 1. The summed E-state index contributed by atoms with van der Waals surface area (Å²) in [5.74, 6) is 0.113. The Kier molecular flexibility index (Phi) is 6.16. The van der Waals surface area contributed by atoms with Crippen molar-refractivity contribution in [3.05, 3.63) is 41.6 Å². The van der Waals surface area contributed by atoms with Crippen molar-refractivity contribution in [1.82, 2.24) is 34.3 Å². The summed E-state index contributed by atoms with van der Waals surface area (Å²) in [5, 5.41) is 18.9. The van der Waals surface area contributed by atoms with E-state index in [0.29, 0.717) is 62.8 Å². The first kappa shape index (κ1) is 24.2. The Morgan fingerprint density at radius 2 is 1.83 bits per heavy atom. The second kappa shape index (κ2) is 9.17. The molecule has 0 spiro atoms. The lowest BCUT2D eigenvalue weighted by Crippen LogP contribution is -2.47. The minimum atomic E-state index is -4.85. The third-order valence-electron chi connectivity index (χ3n) is 6.40. The van der Waals surface area contributed by atoms with Crippen molar-refractivity contribution in [2.45, 2.75) is 32.2 Å². The van der Waals surface area contributed by atoms with E-state index in [-0.39, 0.29) is 11.6 Å². The molecule has 4 aromatic rings. The minimum absolute atomic E-state index is 0.217. The number of halogens is 4. The first-order chi connectivity index (χ1) is 17.2. The summed E-state index contributed by atoms with van der Waals surface area (Å²) in [4.78, 5) is 12.9. The quantitative estimate of drug-likeness (QED) is 0.382. The molecule has 0 bridgehead atoms. The number of aliphatic hydroxyl groups is 1. The van der Waals surface area contributed by atoms with E-state index in [1.54, 1.807) is 15.8 Å². The van der Waals surface area contributed by atoms with Crippen molar-refractivity contribution in [2.24, 2.45) is 0 Å². The molecule has 0 radical (unpaired) electrons. The van der Waals surface area contributed by atoms with E-state index in [9.17, 15) is 22.7 Å². The molecule has 1 aliphatic heterocycles. The van der Waals surface area contributed by atoms with Crippen molar-refractivity contribution in [3.8, 4) is 0 Å². The lowest BCUT2D eigenvalue weighted by atomic mass is 10.1. The van der Waals surface area contributed by atoms with Crippen molar-refractivity contribution in [2.75, 3.05) is 43.4 Å². The van der Waals surface area contributed by atoms with E-state index in [2.05, 4.69) is 25.1 Å². The Labute approximate surface area is 202 Å². The van der Waals surface area contributed by atoms with Crippen LogP contribution in [0.25, 0.3) is 16.7 Å². The first-order valence-electron chi connectivity index (χ1n) is 11.5. The highest BCUT2D eigenvalue weighted by Gasteiger charge is 2.39. The summed E-state index contributed by atoms with van der Waals surface area (Å²) in [6.45, 7) is 5.46. The van der Waals surface area contributed by atoms with E-state index in [4.69, 9.17) is 5.73 Å². The van der Waals surface area contributed by atoms with E-state index < -0.39 is 23.7 Å². The number of nitrogens with zero attached hydrogens (tertiary/aromatic N) is 8. The lowest BCUT2D eigenvalue weighted by molar-refractivity contribution is -0.206. The van der Waals surface area contributed by atoms with E-state index >= 15 is 0 Å². The lowest BCUT2D eigenvalue weighted by Gasteiger charge is -2.36. The number of aryl methyl sites for hydroxylation is 1. The highest BCUT2D eigenvalue weighted by atomic mass is 19.4. The molecule has 1 unspecified atom stereocenters. The highest BCUT2D eigenvalue weighted by molar-refractivity contribution is 5.89. The molecule has 4 heterocycles. The molecule has 1 fully saturated rings. The van der Waals surface area contributed by atoms with Gasteiger partial charge in [-0.3, -0.25) is 4.90 Å². The van der Waals surface area contributed by atoms with Crippen LogP contribution in [0.3, 0.4) is 0 Å². The van der Waals surface area contributed by atoms with Crippen LogP contribution >= 0.6 is 0 Å². The number of fused-ring (bicyclic) bond motifs is 3. The van der Waals surface area contributed by atoms with Crippen molar-refractivity contribution < 1.29 is 22.7 Å². The third kappa shape index (κ3) is 4.41. The second-order valence-corrected chi connectivity index (χ2v) is 8.68. The number of nitrogens with two attached hydrogens (primary N) is 1. The molecule has 3 aromatic heterocycles. The minimum Gasteiger partial charge on any atom is -0.379 e. The van der Waals surface area contributed by atoms with Crippen LogP contribution in [0, 0.1) is 5.82 Å². The van der Waals surface area contributed by atoms with Gasteiger partial charge in [-0.05, 0) is 17.7 Å². The molecule has 14 heteroatoms. The molecular formula is C22H25F4N9O. The van der Waals surface area contributed by atoms with Crippen LogP contribution in [0.15, 0.2) is 24.4 Å². The zero-order chi connectivity index (χ0) is 25.6. The summed E-state index contributed by atoms with van der Waals surface area (Å²) < 4.78 is 56.0. The maximum Gasteiger partial charge on any atom is 0.418 e. The van der Waals surface area contributed by atoms with Gasteiger partial charge in [0.1, 0.15) is 5.82 Å². The van der Waals surface area contributed by atoms with Gasteiger partial charge in [0.05, 0.1) is 23.8 Å². The first-order valence-corrected chi connectivity index (χ1v) is 11.5. The predicted octanol–water partition coefficient (Wildman–Crippen LogP) is 2.18. The fourth-order valence-corrected chi connectivity index (χ4v) is 4.40. The van der Waals surface area contributed by atoms with Gasteiger partial charge in [-0.25, -0.2) is 14.1 Å². The molecule has 1 aromatic carbocycles. The predicted molar refractivity (Wildman–Crippen MR) is 124 cm³/mol. The topological polar surface area (TPSA) is 114 Å². The normalized spacial score (nSPS) is 16.3. The standard InChI is InChI=1S/C22H25F4N9O/c1-2-17-29-20-14-12-28-34(19(14)30-21(27)35(20)31-17)10-7-32-5-8-33(9-6-32)16-4-3-13(11-15(16)23)18(36)22(24,25)26/h3-4,11-12,18,36H,2,5-10H2,1H3,(H2,27,30). The Hall–Kier alpha value is -3.52. The Morgan fingerprint density at radius 3 is 2.50 bits per heavy atom. The molecule has 192 valence electrons. The smallest absolute Gasteiger partial charge is 0.379 e. The van der Waals surface area contributed by atoms with Crippen LogP contribution in [0.1, 0.15) is 24.4 Å². The zero-order valence-corrected chi connectivity index (χ0v) is 19.5. The molecule has 0 amide bonds. The molecule has 10 nitrogen and oxygen atoms in total. The van der Waals surface area contributed by atoms with Gasteiger partial charge in [0.25, 0.3) is 0 Å². The van der Waals surface area contributed by atoms with Gasteiger partial charge < -0.3 is 15.7 Å². The van der Waals surface area contributed by atoms with Gasteiger partial charge in [0.2, 0.25) is 5.95 Å². The Balaban J connectivity index is 1.22. The number of alkyl halides is 3. The fourth-order valence-electron chi connectivity index (χ4n) is 4.40. The number of aromatic nitrogens is 6. The van der Waals surface area contributed by atoms with Crippen LogP contribution in [0.4, 0.5) is 29.2 Å². The number of anilines is 2. The molecule has 1 atom stereocenters. The summed E-state index contributed by atoms with van der Waals surface area (Å²) in [6, 6.07) is 3.15. The third-order valence-corrected chi connectivity index (χ3v) is 6.40. The summed E-state index contributed by atoms with van der Waals surface area (Å²) >= 11 is 0. The molecule has 0 saturated carbocycles. The van der Waals surface area contributed by atoms with Gasteiger partial charge in [0.15, 0.2) is 23.2 Å². The van der Waals surface area contributed by atoms with Gasteiger partial charge in [0, 0.05) is 39.1 Å². The summed E-state index contributed by atoms with van der Waals surface area (Å²) in [5.41, 5.74) is 7.02. The number of hydrogen-bond acceptors (Lipinski definition) is 8. The van der Waals surface area contributed by atoms with E-state index in [1.807, 2.05) is 6.92 Å². The van der Waals surface area contributed by atoms with E-state index in [1.165, 1.54) is 10.6 Å². The van der Waals surface area contributed by atoms with Gasteiger partial charge >= 0.3 is 6.18 Å². The molecule has 36 heavy (non-hydrogen) atoms. The number of nitrogen functional groups attached to an aromatic ring is 1. The number of rotatable bonds is 6. The average Bonchev–Trinajstić information content (AvgIpc) is 3.46. The van der Waals surface area contributed by atoms with Gasteiger partial charge in [-0.15, -0.1) is 5.10 Å². The van der Waals surface area contributed by atoms with Gasteiger partial charge in [-0.1, -0.05) is 13.0 Å². The molecular weight excluding hydrogens is 482 g/mol. The molecule has 5 rings (SSSR count). The van der Waals surface area contributed by atoms with Crippen LogP contribution in [-0.4, -0.2) is 78.3 Å². The molecule has 1 saturated heterocycles. The largest absolute Gasteiger partial charge is 0.418 e. The van der Waals surface area contributed by atoms with Crippen molar-refractivity contribution >= 4 is 28.3 Å². The zero-order valence-electron chi connectivity index (χ0n) is 19.5. The molecule has 0 aliphatic carbocycles. The molecule has 1 aliphatic rings. The van der Waals surface area contributed by atoms with Crippen molar-refractivity contribution in [1.29, 1.82) is 0 Å². The average molecular weight is 507 g/mol. The number of benzene rings is 1. The maximum absolute atomic E-state index is 14.6.